The smallest absolute Gasteiger partial charge is 0.224 e. The van der Waals surface area contributed by atoms with Crippen molar-refractivity contribution in [3.8, 4) is 11.6 Å². The van der Waals surface area contributed by atoms with Crippen LogP contribution in [0.4, 0.5) is 5.82 Å². The van der Waals surface area contributed by atoms with Crippen molar-refractivity contribution in [2.75, 3.05) is 12.4 Å². The van der Waals surface area contributed by atoms with Gasteiger partial charge in [0.15, 0.2) is 5.75 Å². The largest absolute Gasteiger partial charge is 0.436 e. The third-order valence-electron chi connectivity index (χ3n) is 2.61. The molecule has 102 valence electrons. The van der Waals surface area contributed by atoms with E-state index in [0.717, 1.165) is 31.0 Å². The zero-order valence-corrected chi connectivity index (χ0v) is 11.6. The lowest BCUT2D eigenvalue weighted by Crippen LogP contribution is -2.00. The molecular formula is C13H19N5O. The highest BCUT2D eigenvalue weighted by atomic mass is 16.5. The van der Waals surface area contributed by atoms with Crippen LogP contribution in [0.2, 0.25) is 0 Å². The van der Waals surface area contributed by atoms with E-state index in [1.165, 1.54) is 0 Å². The SMILES string of the molecule is CCCn1cc(Oc2cc(NC)nc(CC)n2)cn1. The number of hydrogen-bond donors (Lipinski definition) is 1. The number of aryl methyl sites for hydroxylation is 2. The second kappa shape index (κ2) is 6.17. The summed E-state index contributed by atoms with van der Waals surface area (Å²) in [7, 11) is 1.82. The van der Waals surface area contributed by atoms with Crippen molar-refractivity contribution < 1.29 is 4.74 Å². The molecule has 2 heterocycles. The molecule has 0 aliphatic rings. The number of ether oxygens (including phenoxy) is 1. The Balaban J connectivity index is 2.16. The van der Waals surface area contributed by atoms with Gasteiger partial charge in [0.1, 0.15) is 11.6 Å². The first kappa shape index (κ1) is 13.3. The molecule has 0 aromatic carbocycles. The predicted octanol–water partition coefficient (Wildman–Crippen LogP) is 2.48. The lowest BCUT2D eigenvalue weighted by atomic mass is 10.4. The Hall–Kier alpha value is -2.11. The molecule has 2 rings (SSSR count). The summed E-state index contributed by atoms with van der Waals surface area (Å²) >= 11 is 0. The van der Waals surface area contributed by atoms with Crippen molar-refractivity contribution in [1.29, 1.82) is 0 Å². The van der Waals surface area contributed by atoms with Crippen LogP contribution in [0.15, 0.2) is 18.5 Å². The monoisotopic (exact) mass is 261 g/mol. The fraction of sp³-hybridized carbons (Fsp3) is 0.462. The molecule has 2 aromatic rings. The standard InChI is InChI=1S/C13H19N5O/c1-4-6-18-9-10(8-15-18)19-13-7-12(14-3)16-11(5-2)17-13/h7-9H,4-6H2,1-3H3,(H,14,16,17). The molecule has 19 heavy (non-hydrogen) atoms. The number of anilines is 1. The topological polar surface area (TPSA) is 64.9 Å². The molecule has 0 radical (unpaired) electrons. The highest BCUT2D eigenvalue weighted by molar-refractivity contribution is 5.38. The molecule has 0 unspecified atom stereocenters. The molecule has 0 aliphatic heterocycles. The van der Waals surface area contributed by atoms with Gasteiger partial charge in [-0.1, -0.05) is 13.8 Å². The first-order valence-corrected chi connectivity index (χ1v) is 6.51. The average molecular weight is 261 g/mol. The van der Waals surface area contributed by atoms with Crippen LogP contribution in [0.3, 0.4) is 0 Å². The van der Waals surface area contributed by atoms with Crippen LogP contribution in [0.25, 0.3) is 0 Å². The summed E-state index contributed by atoms with van der Waals surface area (Å²) in [6, 6.07) is 1.77. The van der Waals surface area contributed by atoms with E-state index >= 15 is 0 Å². The predicted molar refractivity (Wildman–Crippen MR) is 73.5 cm³/mol. The van der Waals surface area contributed by atoms with Gasteiger partial charge in [-0.05, 0) is 6.42 Å². The first-order valence-electron chi connectivity index (χ1n) is 6.51. The minimum Gasteiger partial charge on any atom is -0.436 e. The molecule has 6 heteroatoms. The molecule has 0 atom stereocenters. The van der Waals surface area contributed by atoms with Crippen molar-refractivity contribution in [3.63, 3.8) is 0 Å². The number of hydrogen-bond acceptors (Lipinski definition) is 5. The van der Waals surface area contributed by atoms with E-state index in [2.05, 4.69) is 27.3 Å². The van der Waals surface area contributed by atoms with E-state index in [-0.39, 0.29) is 0 Å². The fourth-order valence-corrected chi connectivity index (χ4v) is 1.68. The summed E-state index contributed by atoms with van der Waals surface area (Å²) in [4.78, 5) is 8.66. The van der Waals surface area contributed by atoms with Crippen molar-refractivity contribution in [2.45, 2.75) is 33.2 Å². The maximum atomic E-state index is 5.72. The van der Waals surface area contributed by atoms with E-state index in [1.807, 2.05) is 24.9 Å². The zero-order valence-electron chi connectivity index (χ0n) is 11.6. The minimum atomic E-state index is 0.534. The van der Waals surface area contributed by atoms with Gasteiger partial charge in [-0.2, -0.15) is 10.1 Å². The van der Waals surface area contributed by atoms with Gasteiger partial charge < -0.3 is 10.1 Å². The van der Waals surface area contributed by atoms with Crippen LogP contribution in [0.1, 0.15) is 26.1 Å². The Labute approximate surface area is 112 Å². The van der Waals surface area contributed by atoms with Crippen LogP contribution >= 0.6 is 0 Å². The normalized spacial score (nSPS) is 10.5. The summed E-state index contributed by atoms with van der Waals surface area (Å²) in [5.41, 5.74) is 0. The fourth-order valence-electron chi connectivity index (χ4n) is 1.68. The molecule has 0 saturated carbocycles. The van der Waals surface area contributed by atoms with Crippen LogP contribution in [0, 0.1) is 0 Å². The number of rotatable bonds is 6. The molecule has 0 saturated heterocycles. The molecule has 2 aromatic heterocycles. The molecule has 0 aliphatic carbocycles. The summed E-state index contributed by atoms with van der Waals surface area (Å²) in [6.45, 7) is 5.01. The maximum Gasteiger partial charge on any atom is 0.224 e. The van der Waals surface area contributed by atoms with Crippen molar-refractivity contribution >= 4 is 5.82 Å². The third-order valence-corrected chi connectivity index (χ3v) is 2.61. The molecule has 0 bridgehead atoms. The zero-order chi connectivity index (χ0) is 13.7. The summed E-state index contributed by atoms with van der Waals surface area (Å²) in [5, 5.41) is 7.22. The number of nitrogens with zero attached hydrogens (tertiary/aromatic N) is 4. The average Bonchev–Trinajstić information content (AvgIpc) is 2.86. The minimum absolute atomic E-state index is 0.534. The lowest BCUT2D eigenvalue weighted by Gasteiger charge is -2.06. The van der Waals surface area contributed by atoms with Gasteiger partial charge in [0.05, 0.1) is 12.4 Å². The van der Waals surface area contributed by atoms with E-state index < -0.39 is 0 Å². The molecule has 1 N–H and O–H groups in total. The number of aromatic nitrogens is 4. The Bertz CT molecular complexity index is 515. The Morgan fingerprint density at radius 2 is 2.16 bits per heavy atom. The molecule has 0 fully saturated rings. The third kappa shape index (κ3) is 3.43. The summed E-state index contributed by atoms with van der Waals surface area (Å²) in [5.74, 6) is 2.73. The van der Waals surface area contributed by atoms with Gasteiger partial charge in [-0.3, -0.25) is 4.68 Å². The maximum absolute atomic E-state index is 5.72. The lowest BCUT2D eigenvalue weighted by molar-refractivity contribution is 0.457. The van der Waals surface area contributed by atoms with Gasteiger partial charge in [0.25, 0.3) is 0 Å². The van der Waals surface area contributed by atoms with Crippen LogP contribution in [-0.2, 0) is 13.0 Å². The summed E-state index contributed by atoms with van der Waals surface area (Å²) in [6.07, 6.45) is 5.37. The van der Waals surface area contributed by atoms with E-state index in [9.17, 15) is 0 Å². The van der Waals surface area contributed by atoms with Gasteiger partial charge in [-0.15, -0.1) is 0 Å². The number of nitrogens with one attached hydrogen (secondary N) is 1. The molecule has 0 amide bonds. The van der Waals surface area contributed by atoms with E-state index in [4.69, 9.17) is 4.74 Å². The Morgan fingerprint density at radius 1 is 1.32 bits per heavy atom. The van der Waals surface area contributed by atoms with Crippen LogP contribution in [0.5, 0.6) is 11.6 Å². The van der Waals surface area contributed by atoms with Gasteiger partial charge in [0, 0.05) is 26.1 Å². The molecular weight excluding hydrogens is 242 g/mol. The summed E-state index contributed by atoms with van der Waals surface area (Å²) < 4.78 is 7.57. The molecule has 0 spiro atoms. The highest BCUT2D eigenvalue weighted by Crippen LogP contribution is 2.21. The Kier molecular flexibility index (Phi) is 4.33. The van der Waals surface area contributed by atoms with Crippen LogP contribution in [-0.4, -0.2) is 26.8 Å². The second-order valence-corrected chi connectivity index (χ2v) is 4.15. The Morgan fingerprint density at radius 3 is 2.84 bits per heavy atom. The van der Waals surface area contributed by atoms with E-state index in [0.29, 0.717) is 11.6 Å². The van der Waals surface area contributed by atoms with Gasteiger partial charge in [0.2, 0.25) is 5.88 Å². The first-order chi connectivity index (χ1) is 9.25. The van der Waals surface area contributed by atoms with Gasteiger partial charge >= 0.3 is 0 Å². The van der Waals surface area contributed by atoms with Crippen LogP contribution < -0.4 is 10.1 Å². The second-order valence-electron chi connectivity index (χ2n) is 4.15. The molecule has 6 nitrogen and oxygen atoms in total. The van der Waals surface area contributed by atoms with Crippen molar-refractivity contribution in [3.05, 3.63) is 24.3 Å². The highest BCUT2D eigenvalue weighted by Gasteiger charge is 2.06. The van der Waals surface area contributed by atoms with Crippen molar-refractivity contribution in [2.24, 2.45) is 0 Å². The van der Waals surface area contributed by atoms with Crippen molar-refractivity contribution in [1.82, 2.24) is 19.7 Å². The quantitative estimate of drug-likeness (QED) is 0.865. The van der Waals surface area contributed by atoms with Gasteiger partial charge in [-0.25, -0.2) is 4.98 Å². The van der Waals surface area contributed by atoms with E-state index in [1.54, 1.807) is 12.3 Å².